The molecule has 0 aliphatic rings. The zero-order chi connectivity index (χ0) is 27.4. The molecule has 39 heavy (non-hydrogen) atoms. The van der Waals surface area contributed by atoms with Crippen LogP contribution in [0.1, 0.15) is 11.1 Å². The van der Waals surface area contributed by atoms with Gasteiger partial charge in [0.05, 0.1) is 16.8 Å². The lowest BCUT2D eigenvalue weighted by atomic mass is 10.1. The second kappa shape index (κ2) is 11.1. The topological polar surface area (TPSA) is 131 Å². The summed E-state index contributed by atoms with van der Waals surface area (Å²) in [5, 5.41) is 11.7. The highest BCUT2D eigenvalue weighted by atomic mass is 32.2. The SMILES string of the molecule is CN(c1ccc2c(c1)nc(NCc1ccccc1)n2C)c1ccnc(Nc2ccc(CCS(N)(=O)=O)cc2)n1. The summed E-state index contributed by atoms with van der Waals surface area (Å²) < 4.78 is 24.4. The van der Waals surface area contributed by atoms with E-state index in [-0.39, 0.29) is 5.75 Å². The molecule has 0 saturated carbocycles. The van der Waals surface area contributed by atoms with Gasteiger partial charge < -0.3 is 20.1 Å². The van der Waals surface area contributed by atoms with E-state index in [0.29, 0.717) is 18.9 Å². The number of sulfonamides is 1. The summed E-state index contributed by atoms with van der Waals surface area (Å²) in [6, 6.07) is 25.6. The van der Waals surface area contributed by atoms with Crippen LogP contribution in [0.2, 0.25) is 0 Å². The summed E-state index contributed by atoms with van der Waals surface area (Å²) in [7, 11) is 0.459. The molecule has 0 bridgehead atoms. The highest BCUT2D eigenvalue weighted by molar-refractivity contribution is 7.89. The molecule has 10 nitrogen and oxygen atoms in total. The number of imidazole rings is 1. The molecule has 2 heterocycles. The van der Waals surface area contributed by atoms with Crippen LogP contribution in [0.3, 0.4) is 0 Å². The number of nitrogens with one attached hydrogen (secondary N) is 2. The van der Waals surface area contributed by atoms with Crippen LogP contribution in [0.4, 0.5) is 29.1 Å². The van der Waals surface area contributed by atoms with Crippen LogP contribution in [-0.4, -0.2) is 40.7 Å². The molecule has 0 atom stereocenters. The molecule has 0 fully saturated rings. The molecule has 0 unspecified atom stereocenters. The van der Waals surface area contributed by atoms with E-state index in [2.05, 4.69) is 43.4 Å². The van der Waals surface area contributed by atoms with Gasteiger partial charge in [-0.1, -0.05) is 42.5 Å². The smallest absolute Gasteiger partial charge is 0.229 e. The molecular formula is C28H30N8O2S. The van der Waals surface area contributed by atoms with E-state index in [9.17, 15) is 8.42 Å². The quantitative estimate of drug-likeness (QED) is 0.238. The number of benzene rings is 3. The predicted molar refractivity (Wildman–Crippen MR) is 156 cm³/mol. The second-order valence-corrected chi connectivity index (χ2v) is 11.0. The number of primary sulfonamides is 1. The van der Waals surface area contributed by atoms with E-state index in [1.54, 1.807) is 6.20 Å². The number of hydrogen-bond donors (Lipinski definition) is 3. The lowest BCUT2D eigenvalue weighted by molar-refractivity contribution is 0.597. The maximum atomic E-state index is 11.2. The molecule has 0 radical (unpaired) electrons. The van der Waals surface area contributed by atoms with Crippen molar-refractivity contribution in [2.75, 3.05) is 28.3 Å². The Labute approximate surface area is 227 Å². The third-order valence-corrected chi connectivity index (χ3v) is 7.19. The van der Waals surface area contributed by atoms with Crippen molar-refractivity contribution in [3.05, 3.63) is 96.2 Å². The van der Waals surface area contributed by atoms with Gasteiger partial charge in [-0.2, -0.15) is 4.98 Å². The van der Waals surface area contributed by atoms with E-state index in [4.69, 9.17) is 10.1 Å². The molecule has 0 aliphatic carbocycles. The van der Waals surface area contributed by atoms with Gasteiger partial charge in [0.15, 0.2) is 0 Å². The van der Waals surface area contributed by atoms with E-state index in [1.165, 1.54) is 5.56 Å². The maximum Gasteiger partial charge on any atom is 0.229 e. The maximum absolute atomic E-state index is 11.2. The normalized spacial score (nSPS) is 11.5. The Morgan fingerprint density at radius 1 is 0.949 bits per heavy atom. The van der Waals surface area contributed by atoms with Crippen LogP contribution in [0.15, 0.2) is 85.1 Å². The van der Waals surface area contributed by atoms with Crippen molar-refractivity contribution in [2.45, 2.75) is 13.0 Å². The van der Waals surface area contributed by atoms with Gasteiger partial charge in [-0.3, -0.25) is 0 Å². The van der Waals surface area contributed by atoms with E-state index >= 15 is 0 Å². The Hall–Kier alpha value is -4.48. The summed E-state index contributed by atoms with van der Waals surface area (Å²) in [5.41, 5.74) is 5.72. The standard InChI is InChI=1S/C28H30N8O2S/c1-35(23-12-13-25-24(18-23)33-28(36(25)2)31-19-21-6-4-3-5-7-21)26-14-16-30-27(34-26)32-22-10-8-20(9-11-22)15-17-39(29,37)38/h3-14,16,18H,15,17,19H2,1-2H3,(H,31,33)(H2,29,37,38)(H,30,32,34). The summed E-state index contributed by atoms with van der Waals surface area (Å²) in [6.07, 6.45) is 2.06. The largest absolute Gasteiger partial charge is 0.352 e. The van der Waals surface area contributed by atoms with Gasteiger partial charge in [0.25, 0.3) is 0 Å². The number of anilines is 5. The molecule has 0 aliphatic heterocycles. The summed E-state index contributed by atoms with van der Waals surface area (Å²) in [5.74, 6) is 1.88. The van der Waals surface area contributed by atoms with Crippen LogP contribution in [0.25, 0.3) is 11.0 Å². The molecule has 5 aromatic rings. The second-order valence-electron chi connectivity index (χ2n) is 9.24. The minimum absolute atomic E-state index is 0.0902. The van der Waals surface area contributed by atoms with Gasteiger partial charge in [0, 0.05) is 38.2 Å². The molecule has 0 spiro atoms. The molecule has 2 aromatic heterocycles. The van der Waals surface area contributed by atoms with Crippen molar-refractivity contribution < 1.29 is 8.42 Å². The lowest BCUT2D eigenvalue weighted by Gasteiger charge is -2.19. The zero-order valence-corrected chi connectivity index (χ0v) is 22.6. The molecule has 0 saturated heterocycles. The van der Waals surface area contributed by atoms with Crippen LogP contribution in [-0.2, 0) is 30.0 Å². The Bertz CT molecular complexity index is 1690. The van der Waals surface area contributed by atoms with Crippen molar-refractivity contribution in [1.82, 2.24) is 19.5 Å². The number of nitrogens with zero attached hydrogens (tertiary/aromatic N) is 5. The number of rotatable bonds is 10. The van der Waals surface area contributed by atoms with Crippen molar-refractivity contribution >= 4 is 50.1 Å². The van der Waals surface area contributed by atoms with Crippen molar-refractivity contribution in [2.24, 2.45) is 12.2 Å². The number of aromatic nitrogens is 4. The fourth-order valence-corrected chi connectivity index (χ4v) is 4.72. The number of aryl methyl sites for hydroxylation is 2. The Kier molecular flexibility index (Phi) is 7.44. The van der Waals surface area contributed by atoms with Crippen LogP contribution in [0, 0.1) is 0 Å². The van der Waals surface area contributed by atoms with E-state index < -0.39 is 10.0 Å². The molecule has 200 valence electrons. The first-order valence-electron chi connectivity index (χ1n) is 12.4. The molecule has 4 N–H and O–H groups in total. The highest BCUT2D eigenvalue weighted by Crippen LogP contribution is 2.28. The third-order valence-electron chi connectivity index (χ3n) is 6.42. The summed E-state index contributed by atoms with van der Waals surface area (Å²) in [4.78, 5) is 15.8. The van der Waals surface area contributed by atoms with E-state index in [1.807, 2.05) is 79.7 Å². The fraction of sp³-hybridized carbons (Fsp3) is 0.179. The van der Waals surface area contributed by atoms with Gasteiger partial charge in [-0.25, -0.2) is 23.5 Å². The average Bonchev–Trinajstić information content (AvgIpc) is 3.26. The predicted octanol–water partition coefficient (Wildman–Crippen LogP) is 4.32. The number of nitrogens with two attached hydrogens (primary N) is 1. The minimum Gasteiger partial charge on any atom is -0.352 e. The van der Waals surface area contributed by atoms with E-state index in [0.717, 1.165) is 39.7 Å². The first-order valence-corrected chi connectivity index (χ1v) is 14.1. The first kappa shape index (κ1) is 26.1. The van der Waals surface area contributed by atoms with Gasteiger partial charge in [0.2, 0.25) is 21.9 Å². The number of fused-ring (bicyclic) bond motifs is 1. The monoisotopic (exact) mass is 542 g/mol. The van der Waals surface area contributed by atoms with Crippen LogP contribution >= 0.6 is 0 Å². The van der Waals surface area contributed by atoms with Crippen molar-refractivity contribution in [3.8, 4) is 0 Å². The highest BCUT2D eigenvalue weighted by Gasteiger charge is 2.12. The van der Waals surface area contributed by atoms with Crippen LogP contribution in [0.5, 0.6) is 0 Å². The molecular weight excluding hydrogens is 512 g/mol. The Morgan fingerprint density at radius 3 is 2.46 bits per heavy atom. The first-order chi connectivity index (χ1) is 18.7. The summed E-state index contributed by atoms with van der Waals surface area (Å²) in [6.45, 7) is 0.694. The molecule has 3 aromatic carbocycles. The van der Waals surface area contributed by atoms with Crippen molar-refractivity contribution in [3.63, 3.8) is 0 Å². The molecule has 0 amide bonds. The minimum atomic E-state index is -3.49. The fourth-order valence-electron chi connectivity index (χ4n) is 4.20. The number of hydrogen-bond acceptors (Lipinski definition) is 8. The van der Waals surface area contributed by atoms with Gasteiger partial charge in [-0.05, 0) is 53.9 Å². The lowest BCUT2D eigenvalue weighted by Crippen LogP contribution is -2.17. The zero-order valence-electron chi connectivity index (χ0n) is 21.7. The summed E-state index contributed by atoms with van der Waals surface area (Å²) >= 11 is 0. The molecule has 5 rings (SSSR count). The van der Waals surface area contributed by atoms with Gasteiger partial charge in [0.1, 0.15) is 5.82 Å². The Morgan fingerprint density at radius 2 is 1.72 bits per heavy atom. The molecule has 11 heteroatoms. The Balaban J connectivity index is 1.28. The average molecular weight is 543 g/mol. The van der Waals surface area contributed by atoms with Gasteiger partial charge >= 0.3 is 0 Å². The third kappa shape index (κ3) is 6.51. The van der Waals surface area contributed by atoms with Gasteiger partial charge in [-0.15, -0.1) is 0 Å². The van der Waals surface area contributed by atoms with Crippen LogP contribution < -0.4 is 20.7 Å². The van der Waals surface area contributed by atoms with Crippen molar-refractivity contribution in [1.29, 1.82) is 0 Å².